The van der Waals surface area contributed by atoms with Gasteiger partial charge in [0.1, 0.15) is 0 Å². The molecule has 7 unspecified atom stereocenters. The summed E-state index contributed by atoms with van der Waals surface area (Å²) in [6.45, 7) is 2.28. The second kappa shape index (κ2) is 11.3. The molecule has 4 aromatic carbocycles. The Labute approximate surface area is 304 Å². The van der Waals surface area contributed by atoms with Gasteiger partial charge >= 0.3 is 0 Å². The molecule has 5 nitrogen and oxygen atoms in total. The number of nitrogens with zero attached hydrogens (tertiary/aromatic N) is 5. The van der Waals surface area contributed by atoms with Gasteiger partial charge in [0.05, 0.1) is 47.0 Å². The minimum absolute atomic E-state index is 0.0592. The molecule has 4 aliphatic carbocycles. The lowest BCUT2D eigenvalue weighted by atomic mass is 9.72. The molecule has 1 saturated carbocycles. The molecular weight excluding hydrogens is 635 g/mol. The van der Waals surface area contributed by atoms with Gasteiger partial charge in [-0.25, -0.2) is 0 Å². The summed E-state index contributed by atoms with van der Waals surface area (Å²) in [5.41, 5.74) is 12.0. The first-order valence-electron chi connectivity index (χ1n) is 18.2. The Morgan fingerprint density at radius 1 is 0.673 bits per heavy atom. The zero-order valence-corrected chi connectivity index (χ0v) is 28.8. The molecule has 2 aliphatic heterocycles. The Balaban J connectivity index is 1.04. The van der Waals surface area contributed by atoms with Crippen molar-refractivity contribution in [2.45, 2.75) is 49.1 Å². The fourth-order valence-electron chi connectivity index (χ4n) is 9.80. The van der Waals surface area contributed by atoms with E-state index < -0.39 is 0 Å². The highest BCUT2D eigenvalue weighted by Gasteiger charge is 2.53. The molecule has 6 aliphatic rings. The molecule has 52 heavy (non-hydrogen) atoms. The number of fused-ring (bicyclic) bond motifs is 8. The molecule has 0 saturated heterocycles. The number of allylic oxidation sites excluding steroid dienone is 7. The Morgan fingerprint density at radius 3 is 2.35 bits per heavy atom. The van der Waals surface area contributed by atoms with Gasteiger partial charge in [-0.3, -0.25) is 0 Å². The Hall–Kier alpha value is -6.35. The number of benzene rings is 4. The molecule has 0 bridgehead atoms. The molecule has 0 spiro atoms. The number of para-hydroxylation sites is 1. The van der Waals surface area contributed by atoms with Crippen molar-refractivity contribution < 1.29 is 0 Å². The summed E-state index contributed by atoms with van der Waals surface area (Å²) >= 11 is 0. The second-order valence-corrected chi connectivity index (χ2v) is 15.3. The van der Waals surface area contributed by atoms with Crippen LogP contribution < -0.4 is 9.80 Å². The van der Waals surface area contributed by atoms with Gasteiger partial charge in [-0.1, -0.05) is 85.9 Å². The van der Waals surface area contributed by atoms with E-state index in [-0.39, 0.29) is 23.4 Å². The first-order chi connectivity index (χ1) is 25.5. The molecule has 5 heteroatoms. The normalized spacial score (nSPS) is 28.1. The van der Waals surface area contributed by atoms with E-state index in [1.165, 1.54) is 40.1 Å². The predicted octanol–water partition coefficient (Wildman–Crippen LogP) is 10.1. The number of hydrogen-bond acceptors (Lipinski definition) is 5. The molecule has 0 aromatic heterocycles. The first kappa shape index (κ1) is 30.5. The third-order valence-electron chi connectivity index (χ3n) is 12.3. The lowest BCUT2D eigenvalue weighted by Gasteiger charge is -2.35. The Bertz CT molecular complexity index is 2490. The molecule has 1 fully saturated rings. The minimum Gasteiger partial charge on any atom is -0.333 e. The van der Waals surface area contributed by atoms with Crippen molar-refractivity contribution in [3.63, 3.8) is 0 Å². The van der Waals surface area contributed by atoms with Gasteiger partial charge in [0.25, 0.3) is 0 Å². The van der Waals surface area contributed by atoms with E-state index in [4.69, 9.17) is 0 Å². The second-order valence-electron chi connectivity index (χ2n) is 15.3. The predicted molar refractivity (Wildman–Crippen MR) is 205 cm³/mol. The van der Waals surface area contributed by atoms with Crippen LogP contribution >= 0.6 is 0 Å². The van der Waals surface area contributed by atoms with Crippen LogP contribution in [-0.2, 0) is 5.41 Å². The highest BCUT2D eigenvalue weighted by molar-refractivity contribution is 5.86. The van der Waals surface area contributed by atoms with Crippen molar-refractivity contribution in [2.75, 3.05) is 9.80 Å². The molecule has 0 N–H and O–H groups in total. The average Bonchev–Trinajstić information content (AvgIpc) is 3.81. The van der Waals surface area contributed by atoms with Gasteiger partial charge < -0.3 is 9.80 Å². The van der Waals surface area contributed by atoms with E-state index in [9.17, 15) is 15.8 Å². The summed E-state index contributed by atoms with van der Waals surface area (Å²) in [5, 5.41) is 29.9. The number of rotatable bonds is 4. The smallest absolute Gasteiger partial charge is 0.0992 e. The van der Waals surface area contributed by atoms with Crippen molar-refractivity contribution in [3.05, 3.63) is 172 Å². The summed E-state index contributed by atoms with van der Waals surface area (Å²) < 4.78 is 0. The van der Waals surface area contributed by atoms with Crippen molar-refractivity contribution >= 4 is 28.3 Å². The highest BCUT2D eigenvalue weighted by atomic mass is 15.2. The van der Waals surface area contributed by atoms with Crippen molar-refractivity contribution in [1.82, 2.24) is 0 Å². The minimum atomic E-state index is -0.378. The van der Waals surface area contributed by atoms with Crippen LogP contribution in [0, 0.1) is 45.8 Å². The number of nitriles is 3. The third kappa shape index (κ3) is 4.51. The summed E-state index contributed by atoms with van der Waals surface area (Å²) in [7, 11) is 0. The largest absolute Gasteiger partial charge is 0.333 e. The van der Waals surface area contributed by atoms with Crippen LogP contribution in [0.15, 0.2) is 134 Å². The van der Waals surface area contributed by atoms with Crippen LogP contribution in [-0.4, -0.2) is 12.1 Å². The fourth-order valence-corrected chi connectivity index (χ4v) is 9.80. The maximum atomic E-state index is 10.3. The SMILES string of the molecule is CC1(c2cc(C#N)cc(N3c4cc(C#N)ccc4C4C=CC=CC43)c2)C=CC=C(c2ccccc2N2c3ccc(C#N)cc3C3C4CC4C=CC32)C1. The van der Waals surface area contributed by atoms with E-state index in [1.807, 2.05) is 30.3 Å². The van der Waals surface area contributed by atoms with Gasteiger partial charge in [0.15, 0.2) is 0 Å². The van der Waals surface area contributed by atoms with Gasteiger partial charge in [-0.2, -0.15) is 15.8 Å². The standard InChI is InChI=1S/C47H35N5/c1-47(34-19-31(28-50)20-35(24-34)51-42-11-5-3-9-37(42)38-15-12-30(27-49)22-45(38)51)18-6-7-33(25-47)36-8-2-4-10-41(36)52-43-16-13-29(26-48)21-40(43)46-39-23-32(39)14-17-44(46)52/h2-22,24,32,37,39,42,44,46H,23,25H2,1H3. The van der Waals surface area contributed by atoms with Crippen LogP contribution in [0.3, 0.4) is 0 Å². The quantitative estimate of drug-likeness (QED) is 0.202. The van der Waals surface area contributed by atoms with Crippen molar-refractivity contribution in [3.8, 4) is 18.2 Å². The van der Waals surface area contributed by atoms with Gasteiger partial charge in [-0.05, 0) is 102 Å². The number of hydrogen-bond donors (Lipinski definition) is 0. The Kier molecular flexibility index (Phi) is 6.64. The summed E-state index contributed by atoms with van der Waals surface area (Å²) in [4.78, 5) is 4.84. The van der Waals surface area contributed by atoms with Gasteiger partial charge in [-0.15, -0.1) is 0 Å². The molecule has 248 valence electrons. The van der Waals surface area contributed by atoms with Crippen LogP contribution in [0.25, 0.3) is 5.57 Å². The highest BCUT2D eigenvalue weighted by Crippen LogP contribution is 2.61. The van der Waals surface area contributed by atoms with E-state index in [2.05, 4.69) is 138 Å². The van der Waals surface area contributed by atoms with E-state index in [0.717, 1.165) is 28.9 Å². The van der Waals surface area contributed by atoms with Crippen LogP contribution in [0.5, 0.6) is 0 Å². The number of anilines is 4. The van der Waals surface area contributed by atoms with Crippen molar-refractivity contribution in [2.24, 2.45) is 11.8 Å². The molecule has 4 aromatic rings. The lowest BCUT2D eigenvalue weighted by Crippen LogP contribution is -2.31. The summed E-state index contributed by atoms with van der Waals surface area (Å²) in [6.07, 6.45) is 22.2. The van der Waals surface area contributed by atoms with Gasteiger partial charge in [0, 0.05) is 45.6 Å². The van der Waals surface area contributed by atoms with Gasteiger partial charge in [0.2, 0.25) is 0 Å². The maximum absolute atomic E-state index is 10.3. The first-order valence-corrected chi connectivity index (χ1v) is 18.2. The monoisotopic (exact) mass is 669 g/mol. The summed E-state index contributed by atoms with van der Waals surface area (Å²) in [6, 6.07) is 34.7. The van der Waals surface area contributed by atoms with Crippen LogP contribution in [0.2, 0.25) is 0 Å². The Morgan fingerprint density at radius 2 is 1.48 bits per heavy atom. The van der Waals surface area contributed by atoms with Crippen LogP contribution in [0.4, 0.5) is 22.7 Å². The molecule has 0 radical (unpaired) electrons. The van der Waals surface area contributed by atoms with Crippen molar-refractivity contribution in [1.29, 1.82) is 15.8 Å². The molecule has 0 amide bonds. The van der Waals surface area contributed by atoms with Crippen LogP contribution in [0.1, 0.15) is 70.5 Å². The zero-order valence-electron chi connectivity index (χ0n) is 28.8. The molecule has 7 atom stereocenters. The zero-order chi connectivity index (χ0) is 35.1. The molecule has 2 heterocycles. The molecular formula is C47H35N5. The van der Waals surface area contributed by atoms with E-state index >= 15 is 0 Å². The third-order valence-corrected chi connectivity index (χ3v) is 12.3. The maximum Gasteiger partial charge on any atom is 0.0992 e. The summed E-state index contributed by atoms with van der Waals surface area (Å²) in [5.74, 6) is 1.84. The topological polar surface area (TPSA) is 77.8 Å². The van der Waals surface area contributed by atoms with E-state index in [1.54, 1.807) is 0 Å². The molecule has 10 rings (SSSR count). The average molecular weight is 670 g/mol. The lowest BCUT2D eigenvalue weighted by molar-refractivity contribution is 0.535. The fraction of sp³-hybridized carbons (Fsp3) is 0.213. The van der Waals surface area contributed by atoms with E-state index in [0.29, 0.717) is 28.9 Å².